The number of carbonyl (C=O) groups excluding carboxylic acids is 2. The van der Waals surface area contributed by atoms with Gasteiger partial charge in [-0.15, -0.1) is 0 Å². The minimum atomic E-state index is -1.99. The van der Waals surface area contributed by atoms with Crippen LogP contribution in [0.1, 0.15) is 41.0 Å². The molecule has 5 heteroatoms. The standard InChI is InChI=1S/C16H30O4Si/c1-12(11-19-14(3)18)9-13(2)15(10-17)20-21(7,8)16(4,5)6/h10,13,15H,1,9,11H2,2-8H3/t13-,15-/m0/s1. The predicted molar refractivity (Wildman–Crippen MR) is 87.7 cm³/mol. The second-order valence-corrected chi connectivity index (χ2v) is 11.9. The molecule has 0 aromatic heterocycles. The highest BCUT2D eigenvalue weighted by Gasteiger charge is 2.40. The monoisotopic (exact) mass is 314 g/mol. The Morgan fingerprint density at radius 3 is 2.24 bits per heavy atom. The molecular formula is C16H30O4Si. The molecule has 122 valence electrons. The Morgan fingerprint density at radius 2 is 1.86 bits per heavy atom. The molecule has 21 heavy (non-hydrogen) atoms. The molecule has 0 bridgehead atoms. The van der Waals surface area contributed by atoms with Crippen molar-refractivity contribution in [3.63, 3.8) is 0 Å². The first-order valence-corrected chi connectivity index (χ1v) is 10.2. The van der Waals surface area contributed by atoms with Crippen molar-refractivity contribution < 1.29 is 18.8 Å². The fourth-order valence-electron chi connectivity index (χ4n) is 1.63. The van der Waals surface area contributed by atoms with E-state index in [9.17, 15) is 9.59 Å². The molecule has 2 atom stereocenters. The Balaban J connectivity index is 4.63. The number of aldehydes is 1. The third-order valence-electron chi connectivity index (χ3n) is 4.02. The summed E-state index contributed by atoms with van der Waals surface area (Å²) < 4.78 is 11.1. The first-order chi connectivity index (χ1) is 9.40. The first-order valence-electron chi connectivity index (χ1n) is 7.34. The molecule has 0 amide bonds. The lowest BCUT2D eigenvalue weighted by molar-refractivity contribution is -0.140. The Labute approximate surface area is 130 Å². The van der Waals surface area contributed by atoms with E-state index >= 15 is 0 Å². The Hall–Kier alpha value is -0.943. The summed E-state index contributed by atoms with van der Waals surface area (Å²) in [6.07, 6.45) is 1.04. The number of hydrogen-bond acceptors (Lipinski definition) is 4. The zero-order valence-corrected chi connectivity index (χ0v) is 15.5. The van der Waals surface area contributed by atoms with Gasteiger partial charge in [-0.1, -0.05) is 34.3 Å². The van der Waals surface area contributed by atoms with Gasteiger partial charge in [0.25, 0.3) is 0 Å². The highest BCUT2D eigenvalue weighted by atomic mass is 28.4. The van der Waals surface area contributed by atoms with E-state index < -0.39 is 14.4 Å². The maximum absolute atomic E-state index is 11.4. The van der Waals surface area contributed by atoms with Gasteiger partial charge in [0.05, 0.1) is 0 Å². The summed E-state index contributed by atoms with van der Waals surface area (Å²) in [5, 5.41) is 0.0583. The van der Waals surface area contributed by atoms with Gasteiger partial charge in [-0.25, -0.2) is 0 Å². The lowest BCUT2D eigenvalue weighted by Crippen LogP contribution is -2.46. The van der Waals surface area contributed by atoms with E-state index in [1.54, 1.807) is 0 Å². The van der Waals surface area contributed by atoms with Gasteiger partial charge in [0, 0.05) is 6.92 Å². The van der Waals surface area contributed by atoms with Crippen LogP contribution in [0.2, 0.25) is 18.1 Å². The zero-order valence-electron chi connectivity index (χ0n) is 14.5. The SMILES string of the molecule is C=C(COC(C)=O)C[C@H](C)[C@H](C=O)O[Si](C)(C)C(C)(C)C. The van der Waals surface area contributed by atoms with Gasteiger partial charge < -0.3 is 14.0 Å². The highest BCUT2D eigenvalue weighted by Crippen LogP contribution is 2.38. The van der Waals surface area contributed by atoms with Crippen molar-refractivity contribution in [3.8, 4) is 0 Å². The summed E-state index contributed by atoms with van der Waals surface area (Å²) in [7, 11) is -1.99. The van der Waals surface area contributed by atoms with Gasteiger partial charge >= 0.3 is 5.97 Å². The minimum Gasteiger partial charge on any atom is -0.461 e. The number of rotatable bonds is 8. The van der Waals surface area contributed by atoms with E-state index in [4.69, 9.17) is 9.16 Å². The van der Waals surface area contributed by atoms with Crippen LogP contribution in [-0.4, -0.2) is 33.3 Å². The lowest BCUT2D eigenvalue weighted by Gasteiger charge is -2.39. The molecule has 0 radical (unpaired) electrons. The second-order valence-electron chi connectivity index (χ2n) is 7.19. The van der Waals surface area contributed by atoms with Crippen LogP contribution in [0.3, 0.4) is 0 Å². The molecule has 0 aliphatic rings. The van der Waals surface area contributed by atoms with Crippen LogP contribution in [0.25, 0.3) is 0 Å². The summed E-state index contributed by atoms with van der Waals surface area (Å²) in [5.74, 6) is -0.312. The third kappa shape index (κ3) is 7.04. The van der Waals surface area contributed by atoms with Crippen molar-refractivity contribution in [2.24, 2.45) is 5.92 Å². The molecule has 0 saturated carbocycles. The first kappa shape index (κ1) is 20.1. The average Bonchev–Trinajstić information content (AvgIpc) is 2.31. The summed E-state index contributed by atoms with van der Waals surface area (Å²) in [4.78, 5) is 22.2. The van der Waals surface area contributed by atoms with E-state index in [0.717, 1.165) is 11.9 Å². The van der Waals surface area contributed by atoms with Crippen LogP contribution in [-0.2, 0) is 18.8 Å². The van der Waals surface area contributed by atoms with E-state index in [1.165, 1.54) is 6.92 Å². The lowest BCUT2D eigenvalue weighted by atomic mass is 9.98. The van der Waals surface area contributed by atoms with E-state index in [1.807, 2.05) is 6.92 Å². The minimum absolute atomic E-state index is 0.0136. The van der Waals surface area contributed by atoms with Crippen molar-refractivity contribution >= 4 is 20.6 Å². The Morgan fingerprint density at radius 1 is 1.33 bits per heavy atom. The maximum Gasteiger partial charge on any atom is 0.302 e. The van der Waals surface area contributed by atoms with Crippen molar-refractivity contribution in [2.45, 2.75) is 65.3 Å². The maximum atomic E-state index is 11.4. The summed E-state index contributed by atoms with van der Waals surface area (Å²) >= 11 is 0. The molecule has 0 aliphatic heterocycles. The summed E-state index contributed by atoms with van der Waals surface area (Å²) in [5.41, 5.74) is 0.795. The zero-order chi connectivity index (χ0) is 16.8. The van der Waals surface area contributed by atoms with Gasteiger partial charge in [0.2, 0.25) is 0 Å². The molecule has 0 unspecified atom stereocenters. The molecule has 0 aromatic carbocycles. The second kappa shape index (κ2) is 7.89. The fourth-order valence-corrected chi connectivity index (χ4v) is 2.95. The Bertz CT molecular complexity index is 382. The van der Waals surface area contributed by atoms with Crippen molar-refractivity contribution in [2.75, 3.05) is 6.61 Å². The molecule has 0 N–H and O–H groups in total. The predicted octanol–water partition coefficient (Wildman–Crippen LogP) is 3.72. The van der Waals surface area contributed by atoms with E-state index in [0.29, 0.717) is 6.42 Å². The highest BCUT2D eigenvalue weighted by molar-refractivity contribution is 6.74. The van der Waals surface area contributed by atoms with Crippen molar-refractivity contribution in [3.05, 3.63) is 12.2 Å². The molecular weight excluding hydrogens is 284 g/mol. The fraction of sp³-hybridized carbons (Fsp3) is 0.750. The molecule has 0 rings (SSSR count). The van der Waals surface area contributed by atoms with Crippen LogP contribution in [0.5, 0.6) is 0 Å². The van der Waals surface area contributed by atoms with Crippen molar-refractivity contribution in [1.82, 2.24) is 0 Å². The molecule has 0 saturated heterocycles. The third-order valence-corrected chi connectivity index (χ3v) is 8.50. The van der Waals surface area contributed by atoms with Crippen LogP contribution in [0.15, 0.2) is 12.2 Å². The number of hydrogen-bond donors (Lipinski definition) is 0. The average molecular weight is 314 g/mol. The number of carbonyl (C=O) groups is 2. The molecule has 0 fully saturated rings. The van der Waals surface area contributed by atoms with Gasteiger partial charge in [-0.2, -0.15) is 0 Å². The topological polar surface area (TPSA) is 52.6 Å². The van der Waals surface area contributed by atoms with E-state index in [2.05, 4.69) is 40.4 Å². The number of esters is 1. The quantitative estimate of drug-likeness (QED) is 0.296. The van der Waals surface area contributed by atoms with E-state index in [-0.39, 0.29) is 23.5 Å². The molecule has 0 aliphatic carbocycles. The van der Waals surface area contributed by atoms with Gasteiger partial charge in [-0.3, -0.25) is 4.79 Å². The number of ether oxygens (including phenoxy) is 1. The summed E-state index contributed by atoms with van der Waals surface area (Å²) in [6.45, 7) is 18.1. The smallest absolute Gasteiger partial charge is 0.302 e. The molecule has 4 nitrogen and oxygen atoms in total. The van der Waals surface area contributed by atoms with Gasteiger partial charge in [0.1, 0.15) is 19.0 Å². The van der Waals surface area contributed by atoms with Crippen LogP contribution in [0, 0.1) is 5.92 Å². The van der Waals surface area contributed by atoms with Crippen LogP contribution in [0.4, 0.5) is 0 Å². The van der Waals surface area contributed by atoms with Gasteiger partial charge in [0.15, 0.2) is 8.32 Å². The molecule has 0 aromatic rings. The normalized spacial score (nSPS) is 15.2. The van der Waals surface area contributed by atoms with Crippen LogP contribution < -0.4 is 0 Å². The largest absolute Gasteiger partial charge is 0.461 e. The van der Waals surface area contributed by atoms with Crippen LogP contribution >= 0.6 is 0 Å². The van der Waals surface area contributed by atoms with Crippen molar-refractivity contribution in [1.29, 1.82) is 0 Å². The Kier molecular flexibility index (Phi) is 7.54. The summed E-state index contributed by atoms with van der Waals surface area (Å²) in [6, 6.07) is 0. The van der Waals surface area contributed by atoms with Gasteiger partial charge in [-0.05, 0) is 36.0 Å². The molecule has 0 heterocycles. The molecule has 0 spiro atoms.